The molecule has 0 aliphatic heterocycles. The van der Waals surface area contributed by atoms with Crippen LogP contribution < -0.4 is 0 Å². The van der Waals surface area contributed by atoms with Crippen LogP contribution in [0.25, 0.3) is 16.9 Å². The molecule has 0 saturated heterocycles. The minimum atomic E-state index is 0.125. The van der Waals surface area contributed by atoms with Gasteiger partial charge >= 0.3 is 0 Å². The molecule has 8 heteroatoms. The molecular weight excluding hydrogens is 388 g/mol. The molecule has 1 aliphatic rings. The number of hydrogen-bond acceptors (Lipinski definition) is 6. The van der Waals surface area contributed by atoms with Gasteiger partial charge in [-0.25, -0.2) is 15.0 Å². The number of fused-ring (bicyclic) bond motifs is 1. The van der Waals surface area contributed by atoms with Gasteiger partial charge in [0, 0.05) is 25.2 Å². The maximum Gasteiger partial charge on any atom is 0.234 e. The lowest BCUT2D eigenvalue weighted by Gasteiger charge is -2.24. The highest BCUT2D eigenvalue weighted by Crippen LogP contribution is 2.36. The molecule has 0 bridgehead atoms. The molecule has 1 saturated carbocycles. The largest absolute Gasteiger partial charge is 0.331 e. The van der Waals surface area contributed by atoms with Gasteiger partial charge in [0.2, 0.25) is 5.82 Å². The number of nitrogens with zero attached hydrogens (tertiary/aromatic N) is 8. The second kappa shape index (κ2) is 9.94. The van der Waals surface area contributed by atoms with Gasteiger partial charge in [0.15, 0.2) is 5.82 Å². The number of imidazole rings is 1. The van der Waals surface area contributed by atoms with E-state index in [2.05, 4.69) is 55.9 Å². The highest BCUT2D eigenvalue weighted by Gasteiger charge is 2.24. The average molecular weight is 417 g/mol. The number of benzene rings is 1. The van der Waals surface area contributed by atoms with Crippen LogP contribution in [0.3, 0.4) is 0 Å². The van der Waals surface area contributed by atoms with E-state index in [0.717, 1.165) is 11.3 Å². The summed E-state index contributed by atoms with van der Waals surface area (Å²) < 4.78 is 3.83. The summed E-state index contributed by atoms with van der Waals surface area (Å²) >= 11 is 0. The summed E-state index contributed by atoms with van der Waals surface area (Å²) in [7, 11) is 2.13. The fraction of sp³-hybridized carbons (Fsp3) is 0.391. The Bertz CT molecular complexity index is 1190. The van der Waals surface area contributed by atoms with Crippen LogP contribution in [0.2, 0.25) is 0 Å². The highest BCUT2D eigenvalue weighted by atomic mass is 15.4. The smallest absolute Gasteiger partial charge is 0.234 e. The lowest BCUT2D eigenvalue weighted by atomic mass is 9.85. The Morgan fingerprint density at radius 1 is 1.03 bits per heavy atom. The Hall–Kier alpha value is -3.60. The number of nitriles is 1. The third kappa shape index (κ3) is 4.77. The summed E-state index contributed by atoms with van der Waals surface area (Å²) in [5.74, 6) is 4.07. The fourth-order valence-corrected chi connectivity index (χ4v) is 3.45. The first-order valence-electron chi connectivity index (χ1n) is 10.6. The van der Waals surface area contributed by atoms with Crippen LogP contribution in [-0.4, -0.2) is 34.3 Å². The molecule has 1 aliphatic carbocycles. The molecule has 1 aromatic carbocycles. The second-order valence-corrected chi connectivity index (χ2v) is 7.11. The molecule has 0 radical (unpaired) electrons. The van der Waals surface area contributed by atoms with Crippen molar-refractivity contribution in [2.75, 3.05) is 0 Å². The van der Waals surface area contributed by atoms with E-state index < -0.39 is 0 Å². The molecule has 3 heterocycles. The van der Waals surface area contributed by atoms with Gasteiger partial charge in [-0.15, -0.1) is 5.10 Å². The van der Waals surface area contributed by atoms with E-state index in [1.165, 1.54) is 36.8 Å². The van der Waals surface area contributed by atoms with Crippen molar-refractivity contribution < 1.29 is 0 Å². The Morgan fingerprint density at radius 2 is 1.77 bits per heavy atom. The van der Waals surface area contributed by atoms with Crippen LogP contribution in [0.15, 0.2) is 36.5 Å². The summed E-state index contributed by atoms with van der Waals surface area (Å²) in [5, 5.41) is 12.8. The molecule has 0 amide bonds. The first-order chi connectivity index (χ1) is 15.1. The predicted molar refractivity (Wildman–Crippen MR) is 120 cm³/mol. The van der Waals surface area contributed by atoms with Gasteiger partial charge in [-0.3, -0.25) is 0 Å². The first kappa shape index (κ1) is 22.1. The summed E-state index contributed by atoms with van der Waals surface area (Å²) in [6.45, 7) is 7.63. The summed E-state index contributed by atoms with van der Waals surface area (Å²) in [6.07, 6.45) is 5.53. The molecule has 8 nitrogen and oxygen atoms in total. The van der Waals surface area contributed by atoms with Gasteiger partial charge in [0.05, 0.1) is 11.0 Å². The van der Waals surface area contributed by atoms with Crippen LogP contribution in [0.1, 0.15) is 62.3 Å². The van der Waals surface area contributed by atoms with Crippen molar-refractivity contribution in [1.82, 2.24) is 34.3 Å². The predicted octanol–water partition coefficient (Wildman–Crippen LogP) is 4.41. The fourth-order valence-electron chi connectivity index (χ4n) is 3.45. The first-order valence-corrected chi connectivity index (χ1v) is 10.6. The normalized spacial score (nSPS) is 12.8. The van der Waals surface area contributed by atoms with Crippen molar-refractivity contribution in [3.05, 3.63) is 59.8 Å². The number of aromatic nitrogens is 7. The molecule has 0 N–H and O–H groups in total. The molecule has 160 valence electrons. The standard InChI is InChI=1S/C12H14N2.C9H8N6.C2H6/c1-14-11-8-3-2-7-10(11)13-12(14)9-5-4-6-9;1-6-12-7(2)15(14-6)9-3-4-11-8(5-10)13-9;1-2/h2-3,7-9H,4-6H2,1H3;3-4H,1-2H3;1-2H3. The number of hydrogen-bond donors (Lipinski definition) is 0. The molecule has 3 aromatic heterocycles. The van der Waals surface area contributed by atoms with Gasteiger partial charge in [0.1, 0.15) is 23.5 Å². The second-order valence-electron chi connectivity index (χ2n) is 7.11. The van der Waals surface area contributed by atoms with E-state index >= 15 is 0 Å². The summed E-state index contributed by atoms with van der Waals surface area (Å²) in [6, 6.07) is 11.9. The molecule has 1 fully saturated rings. The maximum absolute atomic E-state index is 8.66. The topological polar surface area (TPSA) is 98.1 Å². The van der Waals surface area contributed by atoms with Crippen LogP contribution >= 0.6 is 0 Å². The van der Waals surface area contributed by atoms with Gasteiger partial charge in [0.25, 0.3) is 0 Å². The van der Waals surface area contributed by atoms with Crippen molar-refractivity contribution in [3.8, 4) is 11.9 Å². The van der Waals surface area contributed by atoms with Crippen LogP contribution in [-0.2, 0) is 7.05 Å². The molecular formula is C23H28N8. The molecule has 0 spiro atoms. The van der Waals surface area contributed by atoms with E-state index in [9.17, 15) is 0 Å². The Kier molecular flexibility index (Phi) is 7.08. The quantitative estimate of drug-likeness (QED) is 0.480. The van der Waals surface area contributed by atoms with Crippen molar-refractivity contribution in [2.24, 2.45) is 7.05 Å². The molecule has 4 aromatic rings. The van der Waals surface area contributed by atoms with Gasteiger partial charge in [-0.1, -0.05) is 32.4 Å². The van der Waals surface area contributed by atoms with E-state index in [-0.39, 0.29) is 5.82 Å². The van der Waals surface area contributed by atoms with Crippen LogP contribution in [0.5, 0.6) is 0 Å². The third-order valence-corrected chi connectivity index (χ3v) is 5.12. The zero-order chi connectivity index (χ0) is 22.4. The van der Waals surface area contributed by atoms with Gasteiger partial charge in [-0.2, -0.15) is 14.9 Å². The lowest BCUT2D eigenvalue weighted by molar-refractivity contribution is 0.395. The highest BCUT2D eigenvalue weighted by molar-refractivity contribution is 5.75. The van der Waals surface area contributed by atoms with Crippen molar-refractivity contribution in [2.45, 2.75) is 52.9 Å². The molecule has 0 atom stereocenters. The SMILES string of the molecule is CC.Cc1nc(C)n(-c2ccnc(C#N)n2)n1.Cn1c(C2CCC2)nc2ccccc21. The van der Waals surface area contributed by atoms with E-state index in [4.69, 9.17) is 10.2 Å². The third-order valence-electron chi connectivity index (χ3n) is 5.12. The monoisotopic (exact) mass is 416 g/mol. The van der Waals surface area contributed by atoms with E-state index in [0.29, 0.717) is 17.6 Å². The zero-order valence-electron chi connectivity index (χ0n) is 18.7. The maximum atomic E-state index is 8.66. The van der Waals surface area contributed by atoms with E-state index in [1.807, 2.05) is 26.8 Å². The lowest BCUT2D eigenvalue weighted by Crippen LogP contribution is -2.13. The Morgan fingerprint density at radius 3 is 2.35 bits per heavy atom. The Balaban J connectivity index is 0.000000163. The minimum absolute atomic E-state index is 0.125. The van der Waals surface area contributed by atoms with Crippen LogP contribution in [0.4, 0.5) is 0 Å². The van der Waals surface area contributed by atoms with Gasteiger partial charge in [-0.05, 0) is 38.8 Å². The van der Waals surface area contributed by atoms with Crippen LogP contribution in [0, 0.1) is 25.2 Å². The zero-order valence-corrected chi connectivity index (χ0v) is 18.7. The minimum Gasteiger partial charge on any atom is -0.331 e. The Labute approximate surface area is 182 Å². The number of aryl methyl sites for hydroxylation is 3. The number of para-hydroxylation sites is 2. The molecule has 31 heavy (non-hydrogen) atoms. The summed E-state index contributed by atoms with van der Waals surface area (Å²) in [5.41, 5.74) is 2.39. The van der Waals surface area contributed by atoms with Crippen molar-refractivity contribution in [1.29, 1.82) is 5.26 Å². The summed E-state index contributed by atoms with van der Waals surface area (Å²) in [4.78, 5) is 16.7. The molecule has 5 rings (SSSR count). The number of rotatable bonds is 2. The van der Waals surface area contributed by atoms with E-state index in [1.54, 1.807) is 17.7 Å². The van der Waals surface area contributed by atoms with Crippen molar-refractivity contribution in [3.63, 3.8) is 0 Å². The van der Waals surface area contributed by atoms with Gasteiger partial charge < -0.3 is 4.57 Å². The average Bonchev–Trinajstić information content (AvgIpc) is 3.27. The molecule has 0 unspecified atom stereocenters. The van der Waals surface area contributed by atoms with Crippen molar-refractivity contribution >= 4 is 11.0 Å².